The van der Waals surface area contributed by atoms with E-state index in [4.69, 9.17) is 18.9 Å². The molecule has 2 rings (SSSR count). The van der Waals surface area contributed by atoms with Crippen molar-refractivity contribution in [2.45, 2.75) is 26.7 Å². The van der Waals surface area contributed by atoms with Crippen molar-refractivity contribution in [3.8, 4) is 17.2 Å². The molecule has 0 aliphatic carbocycles. The molecule has 0 aliphatic rings. The minimum Gasteiger partial charge on any atom is -0.494 e. The van der Waals surface area contributed by atoms with Gasteiger partial charge in [0.25, 0.3) is 0 Å². The minimum absolute atomic E-state index is 0.320. The first-order chi connectivity index (χ1) is 14.4. The third-order valence-electron chi connectivity index (χ3n) is 3.92. The summed E-state index contributed by atoms with van der Waals surface area (Å²) in [5.41, 5.74) is 1.04. The Hall–Kier alpha value is -3.61. The molecule has 0 aliphatic heterocycles. The highest BCUT2D eigenvalue weighted by molar-refractivity contribution is 5.91. The third-order valence-corrected chi connectivity index (χ3v) is 3.92. The fourth-order valence-electron chi connectivity index (χ4n) is 2.44. The molecule has 0 N–H and O–H groups in total. The van der Waals surface area contributed by atoms with E-state index in [1.165, 1.54) is 6.92 Å². The molecule has 7 nitrogen and oxygen atoms in total. The van der Waals surface area contributed by atoms with Crippen LogP contribution in [0.25, 0.3) is 0 Å². The summed E-state index contributed by atoms with van der Waals surface area (Å²) in [6.07, 6.45) is 2.53. The van der Waals surface area contributed by atoms with Crippen molar-refractivity contribution >= 4 is 17.9 Å². The summed E-state index contributed by atoms with van der Waals surface area (Å²) in [5, 5.41) is 0. The van der Waals surface area contributed by atoms with Crippen LogP contribution in [-0.2, 0) is 14.3 Å². The molecule has 0 radical (unpaired) electrons. The first-order valence-electron chi connectivity index (χ1n) is 9.42. The van der Waals surface area contributed by atoms with Gasteiger partial charge in [-0.15, -0.1) is 0 Å². The van der Waals surface area contributed by atoms with Gasteiger partial charge in [-0.25, -0.2) is 9.59 Å². The minimum atomic E-state index is -0.506. The van der Waals surface area contributed by atoms with Gasteiger partial charge in [-0.1, -0.05) is 6.58 Å². The fourth-order valence-corrected chi connectivity index (χ4v) is 2.44. The predicted molar refractivity (Wildman–Crippen MR) is 110 cm³/mol. The van der Waals surface area contributed by atoms with Gasteiger partial charge < -0.3 is 18.9 Å². The second kappa shape index (κ2) is 11.4. The number of ether oxygens (including phenoxy) is 4. The van der Waals surface area contributed by atoms with Crippen LogP contribution < -0.4 is 14.2 Å². The zero-order valence-corrected chi connectivity index (χ0v) is 17.0. The van der Waals surface area contributed by atoms with E-state index in [0.717, 1.165) is 12.5 Å². The zero-order valence-electron chi connectivity index (χ0n) is 17.0. The second-order valence-electron chi connectivity index (χ2n) is 6.36. The van der Waals surface area contributed by atoms with Crippen LogP contribution in [-0.4, -0.2) is 31.1 Å². The molecule has 0 saturated heterocycles. The van der Waals surface area contributed by atoms with Crippen LogP contribution in [0.1, 0.15) is 35.7 Å². The topological polar surface area (TPSA) is 88.1 Å². The molecule has 0 saturated carbocycles. The van der Waals surface area contributed by atoms with Crippen LogP contribution >= 0.6 is 0 Å². The Morgan fingerprint density at radius 3 is 2.23 bits per heavy atom. The number of benzene rings is 2. The van der Waals surface area contributed by atoms with E-state index in [1.807, 2.05) is 0 Å². The van der Waals surface area contributed by atoms with Gasteiger partial charge in [-0.3, -0.25) is 4.79 Å². The van der Waals surface area contributed by atoms with Crippen LogP contribution in [0.15, 0.2) is 55.1 Å². The summed E-state index contributed by atoms with van der Waals surface area (Å²) in [6, 6.07) is 11.4. The number of carbonyl (C=O) groups excluding carboxylic acids is 3. The Balaban J connectivity index is 1.81. The zero-order chi connectivity index (χ0) is 21.9. The molecule has 0 spiro atoms. The number of hydrogen-bond acceptors (Lipinski definition) is 7. The summed E-state index contributed by atoms with van der Waals surface area (Å²) in [4.78, 5) is 34.3. The smallest absolute Gasteiger partial charge is 0.343 e. The summed E-state index contributed by atoms with van der Waals surface area (Å²) in [7, 11) is 0. The molecular weight excluding hydrogens is 388 g/mol. The molecule has 0 aromatic heterocycles. The largest absolute Gasteiger partial charge is 0.494 e. The van der Waals surface area contributed by atoms with Gasteiger partial charge in [0, 0.05) is 13.0 Å². The standard InChI is InChI=1S/C23H24O7/c1-4-22(25)28-14-6-5-13-27-19-9-7-18(8-10-19)23(26)30-21-12-11-20(15-16(21)2)29-17(3)24/h4,7-12,15H,1,5-6,13-14H2,2-3H3. The van der Waals surface area contributed by atoms with Crippen molar-refractivity contribution in [3.05, 3.63) is 66.2 Å². The Bertz CT molecular complexity index is 900. The number of carbonyl (C=O) groups is 3. The predicted octanol–water partition coefficient (Wildman–Crippen LogP) is 4.03. The second-order valence-corrected chi connectivity index (χ2v) is 6.36. The van der Waals surface area contributed by atoms with Crippen molar-refractivity contribution in [2.75, 3.05) is 13.2 Å². The van der Waals surface area contributed by atoms with E-state index >= 15 is 0 Å². The number of unbranched alkanes of at least 4 members (excludes halogenated alkanes) is 1. The number of hydrogen-bond donors (Lipinski definition) is 0. The highest BCUT2D eigenvalue weighted by Crippen LogP contribution is 2.24. The molecule has 30 heavy (non-hydrogen) atoms. The fraction of sp³-hybridized carbons (Fsp3) is 0.261. The first-order valence-corrected chi connectivity index (χ1v) is 9.42. The van der Waals surface area contributed by atoms with Gasteiger partial charge in [0.1, 0.15) is 17.2 Å². The molecular formula is C23H24O7. The van der Waals surface area contributed by atoms with E-state index < -0.39 is 17.9 Å². The van der Waals surface area contributed by atoms with E-state index in [-0.39, 0.29) is 0 Å². The molecule has 0 atom stereocenters. The average Bonchev–Trinajstić information content (AvgIpc) is 2.72. The lowest BCUT2D eigenvalue weighted by Gasteiger charge is -2.10. The van der Waals surface area contributed by atoms with Crippen LogP contribution in [0, 0.1) is 6.92 Å². The molecule has 0 unspecified atom stereocenters. The molecule has 0 heterocycles. The van der Waals surface area contributed by atoms with Crippen molar-refractivity contribution < 1.29 is 33.3 Å². The monoisotopic (exact) mass is 412 g/mol. The Morgan fingerprint density at radius 2 is 1.60 bits per heavy atom. The Morgan fingerprint density at radius 1 is 0.933 bits per heavy atom. The lowest BCUT2D eigenvalue weighted by Crippen LogP contribution is -2.09. The highest BCUT2D eigenvalue weighted by atomic mass is 16.5. The average molecular weight is 412 g/mol. The number of aryl methyl sites for hydroxylation is 1. The summed E-state index contributed by atoms with van der Waals surface area (Å²) < 4.78 is 20.9. The van der Waals surface area contributed by atoms with E-state index in [9.17, 15) is 14.4 Å². The number of rotatable bonds is 10. The van der Waals surface area contributed by atoms with E-state index in [0.29, 0.717) is 48.0 Å². The maximum atomic E-state index is 12.4. The molecule has 0 bridgehead atoms. The molecule has 0 amide bonds. The lowest BCUT2D eigenvalue weighted by molar-refractivity contribution is -0.138. The highest BCUT2D eigenvalue weighted by Gasteiger charge is 2.12. The van der Waals surface area contributed by atoms with Gasteiger partial charge in [-0.2, -0.15) is 0 Å². The summed E-state index contributed by atoms with van der Waals surface area (Å²) in [6.45, 7) is 7.18. The maximum Gasteiger partial charge on any atom is 0.343 e. The molecule has 0 fully saturated rings. The molecule has 7 heteroatoms. The van der Waals surface area contributed by atoms with E-state index in [1.54, 1.807) is 49.4 Å². The van der Waals surface area contributed by atoms with Crippen molar-refractivity contribution in [3.63, 3.8) is 0 Å². The van der Waals surface area contributed by atoms with Crippen LogP contribution in [0.3, 0.4) is 0 Å². The lowest BCUT2D eigenvalue weighted by atomic mass is 10.2. The number of esters is 3. The normalized spacial score (nSPS) is 10.1. The van der Waals surface area contributed by atoms with Gasteiger partial charge in [0.05, 0.1) is 18.8 Å². The van der Waals surface area contributed by atoms with Crippen molar-refractivity contribution in [2.24, 2.45) is 0 Å². The van der Waals surface area contributed by atoms with Crippen LogP contribution in [0.5, 0.6) is 17.2 Å². The summed E-state index contributed by atoms with van der Waals surface area (Å²) >= 11 is 0. The van der Waals surface area contributed by atoms with Crippen molar-refractivity contribution in [1.82, 2.24) is 0 Å². The Kier molecular flexibility index (Phi) is 8.62. The third kappa shape index (κ3) is 7.43. The van der Waals surface area contributed by atoms with Gasteiger partial charge in [0.2, 0.25) is 0 Å². The summed E-state index contributed by atoms with van der Waals surface area (Å²) in [5.74, 6) is 0.0329. The van der Waals surface area contributed by atoms with Gasteiger partial charge in [-0.05, 0) is 67.8 Å². The van der Waals surface area contributed by atoms with E-state index in [2.05, 4.69) is 6.58 Å². The SMILES string of the molecule is C=CC(=O)OCCCCOc1ccc(C(=O)Oc2ccc(OC(C)=O)cc2C)cc1. The van der Waals surface area contributed by atoms with Gasteiger partial charge >= 0.3 is 17.9 Å². The quantitative estimate of drug-likeness (QED) is 0.252. The molecule has 2 aromatic carbocycles. The first kappa shape index (κ1) is 22.7. The molecule has 158 valence electrons. The molecule has 2 aromatic rings. The van der Waals surface area contributed by atoms with Crippen molar-refractivity contribution in [1.29, 1.82) is 0 Å². The maximum absolute atomic E-state index is 12.4. The van der Waals surface area contributed by atoms with Crippen LogP contribution in [0.4, 0.5) is 0 Å². The van der Waals surface area contributed by atoms with Gasteiger partial charge in [0.15, 0.2) is 0 Å². The Labute approximate surface area is 175 Å². The van der Waals surface area contributed by atoms with Crippen LogP contribution in [0.2, 0.25) is 0 Å².